The Balaban J connectivity index is 1.95. The van der Waals surface area contributed by atoms with Crippen LogP contribution in [-0.4, -0.2) is 39.0 Å². The maximum atomic E-state index is 5.67. The third-order valence-corrected chi connectivity index (χ3v) is 4.00. The largest absolute Gasteiger partial charge is 0.381 e. The highest BCUT2D eigenvalue weighted by molar-refractivity contribution is 4.89. The first-order valence-corrected chi connectivity index (χ1v) is 6.19. The van der Waals surface area contributed by atoms with Crippen molar-refractivity contribution in [2.75, 3.05) is 26.9 Å². The van der Waals surface area contributed by atoms with Crippen molar-refractivity contribution >= 4 is 0 Å². The van der Waals surface area contributed by atoms with Gasteiger partial charge in [0.2, 0.25) is 0 Å². The lowest BCUT2D eigenvalue weighted by molar-refractivity contribution is 0.0331. The van der Waals surface area contributed by atoms with Crippen LogP contribution >= 0.6 is 0 Å². The second kappa shape index (κ2) is 5.28. The first-order chi connectivity index (χ1) is 7.33. The Morgan fingerprint density at radius 2 is 1.87 bits per heavy atom. The zero-order valence-corrected chi connectivity index (χ0v) is 9.87. The summed E-state index contributed by atoms with van der Waals surface area (Å²) in [7, 11) is 2.09. The second-order valence-corrected chi connectivity index (χ2v) is 4.79. The lowest BCUT2D eigenvalue weighted by Gasteiger charge is -2.35. The minimum Gasteiger partial charge on any atom is -0.381 e. The van der Waals surface area contributed by atoms with Crippen LogP contribution in [0.3, 0.4) is 0 Å². The molecule has 0 aromatic heterocycles. The molecule has 1 N–H and O–H groups in total. The minimum absolute atomic E-state index is 0.422. The van der Waals surface area contributed by atoms with Crippen molar-refractivity contribution in [2.24, 2.45) is 11.8 Å². The normalized spacial score (nSPS) is 35.6. The number of hydrogen-bond donors (Lipinski definition) is 1. The molecule has 0 bridgehead atoms. The molecule has 2 heterocycles. The van der Waals surface area contributed by atoms with Crippen molar-refractivity contribution in [2.45, 2.75) is 38.3 Å². The van der Waals surface area contributed by atoms with Gasteiger partial charge in [-0.05, 0) is 39.2 Å². The van der Waals surface area contributed by atoms with Crippen LogP contribution in [0.15, 0.2) is 0 Å². The molecule has 0 aromatic carbocycles. The minimum atomic E-state index is 0.422. The van der Waals surface area contributed by atoms with Gasteiger partial charge in [0.15, 0.2) is 0 Å². The summed E-state index contributed by atoms with van der Waals surface area (Å²) < 4.78 is 11.1. The highest BCUT2D eigenvalue weighted by Crippen LogP contribution is 2.31. The number of nitrogens with one attached hydrogen (secondary N) is 1. The van der Waals surface area contributed by atoms with Gasteiger partial charge in [0.05, 0.1) is 6.10 Å². The summed E-state index contributed by atoms with van der Waals surface area (Å²) in [6.45, 7) is 5.02. The molecule has 2 saturated heterocycles. The standard InChI is InChI=1S/C12H23NO2/c1-9-11(5-8-15-9)12(13-2)10-3-6-14-7-4-10/h9-13H,3-8H2,1-2H3. The van der Waals surface area contributed by atoms with Gasteiger partial charge in [0.25, 0.3) is 0 Å². The van der Waals surface area contributed by atoms with E-state index < -0.39 is 0 Å². The van der Waals surface area contributed by atoms with E-state index >= 15 is 0 Å². The zero-order valence-electron chi connectivity index (χ0n) is 9.87. The van der Waals surface area contributed by atoms with Crippen LogP contribution in [0.1, 0.15) is 26.2 Å². The van der Waals surface area contributed by atoms with Gasteiger partial charge in [0, 0.05) is 31.8 Å². The Morgan fingerprint density at radius 1 is 1.13 bits per heavy atom. The fourth-order valence-corrected chi connectivity index (χ4v) is 3.09. The van der Waals surface area contributed by atoms with E-state index in [1.54, 1.807) is 0 Å². The number of hydrogen-bond acceptors (Lipinski definition) is 3. The lowest BCUT2D eigenvalue weighted by atomic mass is 9.81. The molecule has 3 atom stereocenters. The quantitative estimate of drug-likeness (QED) is 0.769. The molecule has 2 rings (SSSR count). The van der Waals surface area contributed by atoms with Crippen molar-refractivity contribution in [3.05, 3.63) is 0 Å². The van der Waals surface area contributed by atoms with E-state index in [0.29, 0.717) is 18.1 Å². The van der Waals surface area contributed by atoms with E-state index in [0.717, 1.165) is 25.7 Å². The van der Waals surface area contributed by atoms with Crippen LogP contribution in [0, 0.1) is 11.8 Å². The Hall–Kier alpha value is -0.120. The van der Waals surface area contributed by atoms with Gasteiger partial charge in [-0.2, -0.15) is 0 Å². The lowest BCUT2D eigenvalue weighted by Crippen LogP contribution is -2.44. The molecule has 2 aliphatic heterocycles. The molecule has 0 spiro atoms. The Labute approximate surface area is 92.5 Å². The zero-order chi connectivity index (χ0) is 10.7. The van der Waals surface area contributed by atoms with E-state index in [2.05, 4.69) is 19.3 Å². The van der Waals surface area contributed by atoms with Crippen LogP contribution < -0.4 is 5.32 Å². The fourth-order valence-electron chi connectivity index (χ4n) is 3.09. The summed E-state index contributed by atoms with van der Waals surface area (Å²) in [6.07, 6.45) is 4.04. The van der Waals surface area contributed by atoms with Crippen molar-refractivity contribution < 1.29 is 9.47 Å². The molecule has 0 radical (unpaired) electrons. The number of rotatable bonds is 3. The first-order valence-electron chi connectivity index (χ1n) is 6.19. The highest BCUT2D eigenvalue weighted by Gasteiger charge is 2.36. The van der Waals surface area contributed by atoms with Crippen molar-refractivity contribution in [1.29, 1.82) is 0 Å². The molecule has 2 fully saturated rings. The molecular weight excluding hydrogens is 190 g/mol. The average molecular weight is 213 g/mol. The summed E-state index contributed by atoms with van der Waals surface area (Å²) in [5, 5.41) is 3.51. The van der Waals surface area contributed by atoms with Crippen LogP contribution in [0.25, 0.3) is 0 Å². The fraction of sp³-hybridized carbons (Fsp3) is 1.00. The monoisotopic (exact) mass is 213 g/mol. The van der Waals surface area contributed by atoms with E-state index in [-0.39, 0.29) is 0 Å². The summed E-state index contributed by atoms with van der Waals surface area (Å²) >= 11 is 0. The van der Waals surface area contributed by atoms with Gasteiger partial charge >= 0.3 is 0 Å². The van der Waals surface area contributed by atoms with Gasteiger partial charge in [-0.1, -0.05) is 0 Å². The summed E-state index contributed by atoms with van der Waals surface area (Å²) in [5.74, 6) is 1.47. The molecule has 3 unspecified atom stereocenters. The predicted octanol–water partition coefficient (Wildman–Crippen LogP) is 1.43. The van der Waals surface area contributed by atoms with Crippen LogP contribution in [-0.2, 0) is 9.47 Å². The third kappa shape index (κ3) is 2.52. The van der Waals surface area contributed by atoms with Crippen molar-refractivity contribution in [3.8, 4) is 0 Å². The van der Waals surface area contributed by atoms with Gasteiger partial charge < -0.3 is 14.8 Å². The molecule has 88 valence electrons. The molecule has 3 heteroatoms. The van der Waals surface area contributed by atoms with Gasteiger partial charge in [0.1, 0.15) is 0 Å². The molecular formula is C12H23NO2. The molecule has 0 amide bonds. The average Bonchev–Trinajstić information content (AvgIpc) is 2.68. The summed E-state index contributed by atoms with van der Waals surface area (Å²) in [5.41, 5.74) is 0. The predicted molar refractivity (Wildman–Crippen MR) is 59.9 cm³/mol. The third-order valence-electron chi connectivity index (χ3n) is 4.00. The van der Waals surface area contributed by atoms with E-state index in [4.69, 9.17) is 9.47 Å². The molecule has 2 aliphatic rings. The maximum absolute atomic E-state index is 5.67. The van der Waals surface area contributed by atoms with Gasteiger partial charge in [-0.15, -0.1) is 0 Å². The Kier molecular flexibility index (Phi) is 4.00. The molecule has 0 aromatic rings. The van der Waals surface area contributed by atoms with Gasteiger partial charge in [-0.25, -0.2) is 0 Å². The number of ether oxygens (including phenoxy) is 2. The van der Waals surface area contributed by atoms with Crippen LogP contribution in [0.5, 0.6) is 0 Å². The van der Waals surface area contributed by atoms with Gasteiger partial charge in [-0.3, -0.25) is 0 Å². The van der Waals surface area contributed by atoms with E-state index in [1.807, 2.05) is 0 Å². The SMILES string of the molecule is CNC(C1CCOCC1)C1CCOC1C. The first kappa shape index (κ1) is 11.4. The maximum Gasteiger partial charge on any atom is 0.0590 e. The second-order valence-electron chi connectivity index (χ2n) is 4.79. The molecule has 0 aliphatic carbocycles. The van der Waals surface area contributed by atoms with Crippen molar-refractivity contribution in [3.63, 3.8) is 0 Å². The molecule has 3 nitrogen and oxygen atoms in total. The highest BCUT2D eigenvalue weighted by atomic mass is 16.5. The topological polar surface area (TPSA) is 30.5 Å². The summed E-state index contributed by atoms with van der Waals surface area (Å²) in [6, 6.07) is 0.617. The molecule has 0 saturated carbocycles. The van der Waals surface area contributed by atoms with E-state index in [1.165, 1.54) is 19.3 Å². The molecule has 15 heavy (non-hydrogen) atoms. The van der Waals surface area contributed by atoms with Crippen LogP contribution in [0.2, 0.25) is 0 Å². The van der Waals surface area contributed by atoms with E-state index in [9.17, 15) is 0 Å². The Morgan fingerprint density at radius 3 is 2.40 bits per heavy atom. The summed E-state index contributed by atoms with van der Waals surface area (Å²) in [4.78, 5) is 0. The smallest absolute Gasteiger partial charge is 0.0590 e. The van der Waals surface area contributed by atoms with Crippen LogP contribution in [0.4, 0.5) is 0 Å². The van der Waals surface area contributed by atoms with Crippen molar-refractivity contribution in [1.82, 2.24) is 5.32 Å². The Bertz CT molecular complexity index is 192.